The van der Waals surface area contributed by atoms with E-state index in [1.807, 2.05) is 0 Å². The topological polar surface area (TPSA) is 0 Å². The molecule has 0 saturated carbocycles. The van der Waals surface area contributed by atoms with Gasteiger partial charge in [-0.2, -0.15) is 0 Å². The molecule has 0 fully saturated rings. The van der Waals surface area contributed by atoms with E-state index in [2.05, 4.69) is 110 Å². The summed E-state index contributed by atoms with van der Waals surface area (Å²) in [6.07, 6.45) is 9.82. The van der Waals surface area contributed by atoms with Crippen LogP contribution in [0, 0.1) is 0 Å². The molecule has 147 valence electrons. The van der Waals surface area contributed by atoms with Crippen molar-refractivity contribution >= 4 is 43.9 Å². The van der Waals surface area contributed by atoms with Crippen LogP contribution in [-0.4, -0.2) is 6.94 Å². The van der Waals surface area contributed by atoms with Gasteiger partial charge >= 0.3 is 168 Å². The van der Waals surface area contributed by atoms with Gasteiger partial charge in [0.25, 0.3) is 0 Å². The Kier molecular flexibility index (Phi) is 7.22. The summed E-state index contributed by atoms with van der Waals surface area (Å²) in [6.45, 7) is 2.43. The summed E-state index contributed by atoms with van der Waals surface area (Å²) in [7, 11) is 0. The summed E-state index contributed by atoms with van der Waals surface area (Å²) in [5.41, 5.74) is 7.53. The predicted molar refractivity (Wildman–Crippen MR) is 130 cm³/mol. The van der Waals surface area contributed by atoms with E-state index in [0.29, 0.717) is 7.35 Å². The fraction of sp³-hybridized carbons (Fsp3) is 0.120. The standard InChI is InChI=1S/2C9H7.C7H7.2ClH.Hf.H2Si/c2*1-2-5-9-7-3-6-8(9)4-1;1-7-5-3-2-4-6-7;;;;/h2*1-7H;2-6H,1H2;2*1H;;1H2. The van der Waals surface area contributed by atoms with E-state index >= 15 is 0 Å². The molecule has 29 heavy (non-hydrogen) atoms. The number of halogens is 2. The van der Waals surface area contributed by atoms with Crippen molar-refractivity contribution in [2.75, 3.05) is 0 Å². The van der Waals surface area contributed by atoms with Crippen molar-refractivity contribution in [1.29, 1.82) is 0 Å². The Balaban J connectivity index is 0.00000120. The summed E-state index contributed by atoms with van der Waals surface area (Å²) in [4.78, 5) is 0. The van der Waals surface area contributed by atoms with Gasteiger partial charge in [-0.3, -0.25) is 0 Å². The minimum absolute atomic E-state index is 0. The third-order valence-corrected chi connectivity index (χ3v) is 31.8. The first-order valence-corrected chi connectivity index (χ1v) is 24.7. The molecule has 0 amide bonds. The van der Waals surface area contributed by atoms with E-state index in [-0.39, 0.29) is 24.8 Å². The summed E-state index contributed by atoms with van der Waals surface area (Å²) in [6, 6.07) is 29.3. The molecule has 0 nitrogen and oxygen atoms in total. The molecule has 0 saturated heterocycles. The molecule has 0 bridgehead atoms. The van der Waals surface area contributed by atoms with Crippen LogP contribution in [0.1, 0.15) is 35.2 Å². The van der Waals surface area contributed by atoms with E-state index in [1.54, 1.807) is 11.1 Å². The molecule has 3 aromatic carbocycles. The average molecular weight is 603 g/mol. The van der Waals surface area contributed by atoms with Gasteiger partial charge < -0.3 is 0 Å². The van der Waals surface area contributed by atoms with Crippen molar-refractivity contribution in [3.8, 4) is 0 Å². The Labute approximate surface area is 191 Å². The molecule has 5 rings (SSSR count). The molecule has 0 N–H and O–H groups in total. The quantitative estimate of drug-likeness (QED) is 0.309. The van der Waals surface area contributed by atoms with Crippen molar-refractivity contribution < 1.29 is 18.6 Å². The second-order valence-electron chi connectivity index (χ2n) is 7.83. The van der Waals surface area contributed by atoms with E-state index < -0.39 is 18.6 Å². The molecule has 0 spiro atoms. The zero-order chi connectivity index (χ0) is 18.3. The summed E-state index contributed by atoms with van der Waals surface area (Å²) >= 11 is -2.90. The average Bonchev–Trinajstić information content (AvgIpc) is 3.34. The summed E-state index contributed by atoms with van der Waals surface area (Å²) < 4.78 is 2.58. The van der Waals surface area contributed by atoms with Crippen LogP contribution in [-0.2, 0) is 22.8 Å². The normalized spacial score (nSPS) is 20.1. The van der Waals surface area contributed by atoms with Gasteiger partial charge in [0.2, 0.25) is 0 Å². The van der Waals surface area contributed by atoms with Gasteiger partial charge in [0, 0.05) is 0 Å². The fourth-order valence-corrected chi connectivity index (χ4v) is 29.4. The van der Waals surface area contributed by atoms with Crippen molar-refractivity contribution in [2.45, 2.75) is 11.5 Å². The first-order chi connectivity index (χ1) is 13.3. The van der Waals surface area contributed by atoms with E-state index in [4.69, 9.17) is 0 Å². The number of rotatable bonds is 4. The van der Waals surface area contributed by atoms with Gasteiger partial charge in [-0.25, -0.2) is 0 Å². The van der Waals surface area contributed by atoms with Crippen LogP contribution in [0.4, 0.5) is 0 Å². The maximum absolute atomic E-state index is 2.90. The van der Waals surface area contributed by atoms with Crippen LogP contribution < -0.4 is 0 Å². The van der Waals surface area contributed by atoms with Gasteiger partial charge in [-0.1, -0.05) is 0 Å². The second kappa shape index (κ2) is 9.30. The van der Waals surface area contributed by atoms with Crippen LogP contribution in [0.5, 0.6) is 0 Å². The SMILES string of the molecule is Cl.Cl.[SiH2]=[Hf]([CH2]c1ccccc1)([CH]1C=Cc2ccccc21)[CH]1C=Cc2ccccc21. The van der Waals surface area contributed by atoms with E-state index in [1.165, 1.54) is 20.9 Å². The predicted octanol–water partition coefficient (Wildman–Crippen LogP) is 6.27. The first-order valence-electron chi connectivity index (χ1n) is 9.69. The van der Waals surface area contributed by atoms with Gasteiger partial charge in [0.1, 0.15) is 0 Å². The maximum atomic E-state index is 2.54. The van der Waals surface area contributed by atoms with Crippen molar-refractivity contribution in [1.82, 2.24) is 0 Å². The fourth-order valence-electron chi connectivity index (χ4n) is 4.89. The van der Waals surface area contributed by atoms with Crippen LogP contribution in [0.3, 0.4) is 0 Å². The minimum atomic E-state index is -2.90. The Bertz CT molecular complexity index is 1040. The molecule has 0 heterocycles. The van der Waals surface area contributed by atoms with E-state index in [0.717, 1.165) is 0 Å². The van der Waals surface area contributed by atoms with Gasteiger partial charge in [0.15, 0.2) is 0 Å². The molecule has 2 aliphatic carbocycles. The molecule has 4 heteroatoms. The van der Waals surface area contributed by atoms with Crippen molar-refractivity contribution in [3.63, 3.8) is 0 Å². The molecular formula is C25H25Cl2HfSi. The van der Waals surface area contributed by atoms with Crippen molar-refractivity contribution in [2.24, 2.45) is 0 Å². The molecule has 0 aliphatic heterocycles. The summed E-state index contributed by atoms with van der Waals surface area (Å²) in [5, 5.41) is 0. The van der Waals surface area contributed by atoms with Crippen molar-refractivity contribution in [3.05, 3.63) is 119 Å². The zero-order valence-corrected chi connectivity index (χ0v) is 22.8. The molecule has 2 aliphatic rings. The molecule has 0 aromatic heterocycles. The summed E-state index contributed by atoms with van der Waals surface area (Å²) in [5.74, 6) is 0. The van der Waals surface area contributed by atoms with Gasteiger partial charge in [0.05, 0.1) is 0 Å². The molecule has 2 atom stereocenters. The van der Waals surface area contributed by atoms with Gasteiger partial charge in [-0.15, -0.1) is 24.8 Å². The van der Waals surface area contributed by atoms with E-state index in [9.17, 15) is 0 Å². The van der Waals surface area contributed by atoms with Gasteiger partial charge in [-0.05, 0) is 0 Å². The Morgan fingerprint density at radius 1 is 0.621 bits per heavy atom. The molecular weight excluding hydrogens is 578 g/mol. The number of allylic oxidation sites excluding steroid dienone is 2. The number of hydrogen-bond acceptors (Lipinski definition) is 0. The zero-order valence-electron chi connectivity index (χ0n) is 16.2. The van der Waals surface area contributed by atoms with Crippen LogP contribution in [0.2, 0.25) is 0 Å². The Hall–Kier alpha value is -1.19. The number of fused-ring (bicyclic) bond motifs is 2. The third-order valence-electron chi connectivity index (χ3n) is 6.21. The number of benzene rings is 3. The monoisotopic (exact) mass is 603 g/mol. The third kappa shape index (κ3) is 4.05. The Morgan fingerprint density at radius 3 is 1.59 bits per heavy atom. The second-order valence-corrected chi connectivity index (χ2v) is 33.2. The Morgan fingerprint density at radius 2 is 1.07 bits per heavy atom. The first kappa shape index (κ1) is 22.5. The molecule has 3 aromatic rings. The molecule has 2 unspecified atom stereocenters. The van der Waals surface area contributed by atoms with Crippen LogP contribution >= 0.6 is 24.8 Å². The number of hydrogen-bond donors (Lipinski definition) is 0. The molecule has 0 radical (unpaired) electrons. The van der Waals surface area contributed by atoms with Crippen LogP contribution in [0.25, 0.3) is 12.2 Å². The van der Waals surface area contributed by atoms with Crippen LogP contribution in [0.15, 0.2) is 91.0 Å².